The van der Waals surface area contributed by atoms with Gasteiger partial charge in [0.25, 0.3) is 0 Å². The molecule has 2 heterocycles. The third-order valence-electron chi connectivity index (χ3n) is 3.28. The molecule has 0 unspecified atom stereocenters. The zero-order chi connectivity index (χ0) is 14.9. The summed E-state index contributed by atoms with van der Waals surface area (Å²) in [6.07, 6.45) is 2.96. The molecule has 2 aromatic rings. The fourth-order valence-electron chi connectivity index (χ4n) is 1.85. The molecule has 110 valence electrons. The summed E-state index contributed by atoms with van der Waals surface area (Å²) in [5, 5.41) is 11.7. The van der Waals surface area contributed by atoms with Crippen molar-refractivity contribution in [3.8, 4) is 0 Å². The van der Waals surface area contributed by atoms with Crippen LogP contribution in [0.3, 0.4) is 0 Å². The first kappa shape index (κ1) is 14.7. The smallest absolute Gasteiger partial charge is 0.246 e. The molecular weight excluding hydrogens is 280 g/mol. The number of nitrogens with zero attached hydrogens (tertiary/aromatic N) is 6. The first-order chi connectivity index (χ1) is 9.37. The van der Waals surface area contributed by atoms with E-state index in [1.807, 2.05) is 11.5 Å². The molecule has 0 aliphatic rings. The normalized spacial score (nSPS) is 12.2. The van der Waals surface area contributed by atoms with E-state index in [0.29, 0.717) is 18.1 Å². The molecule has 0 fully saturated rings. The van der Waals surface area contributed by atoms with Gasteiger partial charge in [-0.2, -0.15) is 9.40 Å². The number of aromatic nitrogens is 5. The maximum Gasteiger partial charge on any atom is 0.246 e. The second-order valence-electron chi connectivity index (χ2n) is 4.51. The van der Waals surface area contributed by atoms with Gasteiger partial charge in [-0.1, -0.05) is 0 Å². The molecule has 0 aromatic carbocycles. The van der Waals surface area contributed by atoms with Crippen molar-refractivity contribution in [1.29, 1.82) is 0 Å². The Morgan fingerprint density at radius 3 is 2.65 bits per heavy atom. The minimum absolute atomic E-state index is 0.171. The van der Waals surface area contributed by atoms with Crippen LogP contribution >= 0.6 is 0 Å². The molecular formula is C11H18N6O2S. The molecule has 0 aliphatic heterocycles. The Hall–Kier alpha value is -1.74. The topological polar surface area (TPSA) is 85.9 Å². The van der Waals surface area contributed by atoms with Crippen molar-refractivity contribution in [2.45, 2.75) is 31.8 Å². The molecule has 0 N–H and O–H groups in total. The van der Waals surface area contributed by atoms with Gasteiger partial charge >= 0.3 is 0 Å². The van der Waals surface area contributed by atoms with Crippen LogP contribution in [0.2, 0.25) is 0 Å². The Balaban J connectivity index is 2.28. The van der Waals surface area contributed by atoms with Gasteiger partial charge in [0, 0.05) is 20.6 Å². The van der Waals surface area contributed by atoms with Crippen LogP contribution in [0.4, 0.5) is 0 Å². The summed E-state index contributed by atoms with van der Waals surface area (Å²) in [4.78, 5) is 0.213. The Labute approximate surface area is 118 Å². The summed E-state index contributed by atoms with van der Waals surface area (Å²) in [6, 6.07) is 0. The highest BCUT2D eigenvalue weighted by molar-refractivity contribution is 7.89. The van der Waals surface area contributed by atoms with Crippen LogP contribution < -0.4 is 0 Å². The van der Waals surface area contributed by atoms with Crippen molar-refractivity contribution in [1.82, 2.24) is 28.9 Å². The lowest BCUT2D eigenvalue weighted by Crippen LogP contribution is -2.28. The maximum atomic E-state index is 12.5. The predicted molar refractivity (Wildman–Crippen MR) is 72.3 cm³/mol. The molecule has 0 saturated heterocycles. The molecule has 2 aromatic heterocycles. The van der Waals surface area contributed by atoms with Gasteiger partial charge in [0.2, 0.25) is 10.0 Å². The summed E-state index contributed by atoms with van der Waals surface area (Å²) in [5.74, 6) is 0.611. The van der Waals surface area contributed by atoms with E-state index in [-0.39, 0.29) is 11.4 Å². The quantitative estimate of drug-likeness (QED) is 0.785. The fourth-order valence-corrected chi connectivity index (χ4v) is 3.16. The monoisotopic (exact) mass is 298 g/mol. The van der Waals surface area contributed by atoms with E-state index < -0.39 is 10.0 Å². The van der Waals surface area contributed by atoms with E-state index in [2.05, 4.69) is 15.3 Å². The van der Waals surface area contributed by atoms with E-state index in [1.54, 1.807) is 20.3 Å². The Morgan fingerprint density at radius 2 is 2.10 bits per heavy atom. The molecule has 0 aliphatic carbocycles. The second kappa shape index (κ2) is 5.33. The first-order valence-electron chi connectivity index (χ1n) is 6.19. The lowest BCUT2D eigenvalue weighted by atomic mass is 10.5. The maximum absolute atomic E-state index is 12.5. The van der Waals surface area contributed by atoms with Crippen LogP contribution in [0.1, 0.15) is 18.4 Å². The predicted octanol–water partition coefficient (Wildman–Crippen LogP) is 0.161. The van der Waals surface area contributed by atoms with Crippen molar-refractivity contribution in [3.05, 3.63) is 24.0 Å². The number of aryl methyl sites for hydroxylation is 2. The first-order valence-corrected chi connectivity index (χ1v) is 7.63. The van der Waals surface area contributed by atoms with Gasteiger partial charge in [0.1, 0.15) is 17.0 Å². The third-order valence-corrected chi connectivity index (χ3v) is 5.19. The number of hydrogen-bond donors (Lipinski definition) is 0. The molecule has 8 nitrogen and oxygen atoms in total. The molecule has 9 heteroatoms. The van der Waals surface area contributed by atoms with Crippen molar-refractivity contribution >= 4 is 10.0 Å². The summed E-state index contributed by atoms with van der Waals surface area (Å²) in [6.45, 7) is 4.54. The number of sulfonamides is 1. The lowest BCUT2D eigenvalue weighted by molar-refractivity contribution is 0.446. The lowest BCUT2D eigenvalue weighted by Gasteiger charge is -2.16. The van der Waals surface area contributed by atoms with Crippen molar-refractivity contribution < 1.29 is 8.42 Å². The molecule has 0 atom stereocenters. The largest absolute Gasteiger partial charge is 0.317 e. The van der Waals surface area contributed by atoms with Crippen LogP contribution in [0, 0.1) is 6.92 Å². The highest BCUT2D eigenvalue weighted by Gasteiger charge is 2.26. The highest BCUT2D eigenvalue weighted by Crippen LogP contribution is 2.19. The molecule has 0 spiro atoms. The van der Waals surface area contributed by atoms with Crippen molar-refractivity contribution in [2.24, 2.45) is 7.05 Å². The van der Waals surface area contributed by atoms with E-state index in [1.165, 1.54) is 22.2 Å². The SMILES string of the molecule is CCn1cnnc1CN(C)S(=O)(=O)c1cnn(C)c1C. The van der Waals surface area contributed by atoms with Crippen LogP contribution in [-0.2, 0) is 30.2 Å². The van der Waals surface area contributed by atoms with Gasteiger partial charge in [-0.15, -0.1) is 10.2 Å². The summed E-state index contributed by atoms with van der Waals surface area (Å²) in [7, 11) is -0.346. The van der Waals surface area contributed by atoms with Crippen LogP contribution in [0.5, 0.6) is 0 Å². The van der Waals surface area contributed by atoms with Gasteiger partial charge in [-0.05, 0) is 13.8 Å². The molecule has 20 heavy (non-hydrogen) atoms. The molecule has 2 rings (SSSR count). The van der Waals surface area contributed by atoms with Crippen molar-refractivity contribution in [2.75, 3.05) is 7.05 Å². The van der Waals surface area contributed by atoms with E-state index in [4.69, 9.17) is 0 Å². The van der Waals surface area contributed by atoms with Crippen LogP contribution in [0.25, 0.3) is 0 Å². The van der Waals surface area contributed by atoms with Gasteiger partial charge in [0.05, 0.1) is 18.4 Å². The van der Waals surface area contributed by atoms with Crippen molar-refractivity contribution in [3.63, 3.8) is 0 Å². The Kier molecular flexibility index (Phi) is 3.91. The molecule has 0 radical (unpaired) electrons. The number of rotatable bonds is 5. The highest BCUT2D eigenvalue weighted by atomic mass is 32.2. The van der Waals surface area contributed by atoms with E-state index in [9.17, 15) is 8.42 Å². The third kappa shape index (κ3) is 2.46. The van der Waals surface area contributed by atoms with Crippen LogP contribution in [-0.4, -0.2) is 44.3 Å². The number of hydrogen-bond acceptors (Lipinski definition) is 5. The van der Waals surface area contributed by atoms with Crippen LogP contribution in [0.15, 0.2) is 17.4 Å². The summed E-state index contributed by atoms with van der Waals surface area (Å²) in [5.41, 5.74) is 0.605. The molecule has 0 bridgehead atoms. The Bertz CT molecular complexity index is 702. The Morgan fingerprint density at radius 1 is 1.40 bits per heavy atom. The molecule has 0 amide bonds. The summed E-state index contributed by atoms with van der Waals surface area (Å²) >= 11 is 0. The van der Waals surface area contributed by atoms with Gasteiger partial charge in [-0.25, -0.2) is 8.42 Å². The fraction of sp³-hybridized carbons (Fsp3) is 0.545. The minimum Gasteiger partial charge on any atom is -0.317 e. The van der Waals surface area contributed by atoms with E-state index >= 15 is 0 Å². The average molecular weight is 298 g/mol. The average Bonchev–Trinajstić information content (AvgIpc) is 2.97. The van der Waals surface area contributed by atoms with Gasteiger partial charge < -0.3 is 4.57 Å². The standard InChI is InChI=1S/C11H18N6O2S/c1-5-17-8-12-14-11(17)7-15(3)20(18,19)10-6-13-16(4)9(10)2/h6,8H,5,7H2,1-4H3. The minimum atomic E-state index is -3.58. The summed E-state index contributed by atoms with van der Waals surface area (Å²) < 4.78 is 29.6. The zero-order valence-corrected chi connectivity index (χ0v) is 12.8. The van der Waals surface area contributed by atoms with Gasteiger partial charge in [-0.3, -0.25) is 4.68 Å². The molecule has 0 saturated carbocycles. The zero-order valence-electron chi connectivity index (χ0n) is 12.0. The second-order valence-corrected chi connectivity index (χ2v) is 6.53. The van der Waals surface area contributed by atoms with E-state index in [0.717, 1.165) is 0 Å². The van der Waals surface area contributed by atoms with Gasteiger partial charge in [0.15, 0.2) is 0 Å².